The first-order valence-electron chi connectivity index (χ1n) is 12.3. The Bertz CT molecular complexity index is 1580. The first-order valence-corrected chi connectivity index (χ1v) is 13.3. The molecule has 0 aliphatic heterocycles. The van der Waals surface area contributed by atoms with Crippen LogP contribution in [-0.4, -0.2) is 32.1 Å². The van der Waals surface area contributed by atoms with E-state index in [4.69, 9.17) is 0 Å². The summed E-state index contributed by atoms with van der Waals surface area (Å²) in [7, 11) is 0. The van der Waals surface area contributed by atoms with Crippen LogP contribution in [0.3, 0.4) is 0 Å². The number of fused-ring (bicyclic) bond motifs is 1. The van der Waals surface area contributed by atoms with Gasteiger partial charge in [0.05, 0.1) is 18.0 Å². The summed E-state index contributed by atoms with van der Waals surface area (Å²) in [4.78, 5) is 12.6. The van der Waals surface area contributed by atoms with Gasteiger partial charge in [-0.2, -0.15) is 5.10 Å². The Balaban J connectivity index is 1.26. The molecule has 5 aromatic rings. The van der Waals surface area contributed by atoms with Gasteiger partial charge >= 0.3 is 0 Å². The van der Waals surface area contributed by atoms with Crippen LogP contribution in [0.15, 0.2) is 107 Å². The van der Waals surface area contributed by atoms with Gasteiger partial charge < -0.3 is 5.32 Å². The number of carbonyl (C=O) groups is 1. The number of hydrogen-bond donors (Lipinski definition) is 2. The van der Waals surface area contributed by atoms with Crippen molar-refractivity contribution in [1.82, 2.24) is 20.2 Å². The lowest BCUT2D eigenvalue weighted by Crippen LogP contribution is -2.21. The first-order chi connectivity index (χ1) is 18.6. The summed E-state index contributed by atoms with van der Waals surface area (Å²) in [6.07, 6.45) is 0. The summed E-state index contributed by atoms with van der Waals surface area (Å²) in [5.74, 6) is 0.701. The highest BCUT2D eigenvalue weighted by Crippen LogP contribution is 2.23. The van der Waals surface area contributed by atoms with E-state index >= 15 is 0 Å². The van der Waals surface area contributed by atoms with Gasteiger partial charge in [-0.1, -0.05) is 84.1 Å². The zero-order chi connectivity index (χ0) is 26.3. The Morgan fingerprint density at radius 2 is 1.63 bits per heavy atom. The van der Waals surface area contributed by atoms with Crippen LogP contribution < -0.4 is 10.7 Å². The minimum atomic E-state index is -0.211. The number of carbonyl (C=O) groups excluding carboxylic acids is 1. The number of aromatic nitrogens is 3. The molecule has 0 aliphatic carbocycles. The molecule has 0 bridgehead atoms. The maximum atomic E-state index is 12.6. The Morgan fingerprint density at radius 3 is 2.42 bits per heavy atom. The van der Waals surface area contributed by atoms with Crippen molar-refractivity contribution in [3.8, 4) is 5.69 Å². The minimum Gasteiger partial charge on any atom is -0.378 e. The molecule has 4 aromatic carbocycles. The number of amides is 1. The highest BCUT2D eigenvalue weighted by molar-refractivity contribution is 7.99. The zero-order valence-electron chi connectivity index (χ0n) is 21.3. The largest absolute Gasteiger partial charge is 0.378 e. The topological polar surface area (TPSA) is 84.2 Å². The van der Waals surface area contributed by atoms with E-state index in [9.17, 15) is 4.79 Å². The van der Waals surface area contributed by atoms with Gasteiger partial charge in [-0.15, -0.1) is 10.2 Å². The minimum absolute atomic E-state index is 0.158. The van der Waals surface area contributed by atoms with Gasteiger partial charge in [-0.3, -0.25) is 9.36 Å². The summed E-state index contributed by atoms with van der Waals surface area (Å²) in [6, 6.07) is 32.4. The second kappa shape index (κ2) is 11.7. The Hall–Kier alpha value is -4.43. The number of para-hydroxylation sites is 1. The first kappa shape index (κ1) is 25.2. The van der Waals surface area contributed by atoms with Crippen LogP contribution in [0.4, 0.5) is 5.69 Å². The molecule has 2 N–H and O–H groups in total. The van der Waals surface area contributed by atoms with Gasteiger partial charge in [-0.25, -0.2) is 5.43 Å². The summed E-state index contributed by atoms with van der Waals surface area (Å²) in [5, 5.41) is 19.5. The Morgan fingerprint density at radius 1 is 0.895 bits per heavy atom. The second-order valence-corrected chi connectivity index (χ2v) is 9.81. The number of benzene rings is 4. The van der Waals surface area contributed by atoms with E-state index in [0.717, 1.165) is 33.9 Å². The molecule has 5 rings (SSSR count). The molecule has 0 atom stereocenters. The molecule has 1 aromatic heterocycles. The average Bonchev–Trinajstić information content (AvgIpc) is 3.37. The number of aryl methyl sites for hydroxylation is 1. The van der Waals surface area contributed by atoms with Crippen LogP contribution in [0, 0.1) is 6.92 Å². The highest BCUT2D eigenvalue weighted by atomic mass is 32.2. The quantitative estimate of drug-likeness (QED) is 0.142. The molecule has 0 spiro atoms. The number of hydrazone groups is 1. The van der Waals surface area contributed by atoms with Crippen molar-refractivity contribution in [3.63, 3.8) is 0 Å². The number of nitrogens with one attached hydrogen (secondary N) is 2. The van der Waals surface area contributed by atoms with Gasteiger partial charge in [0.15, 0.2) is 11.0 Å². The van der Waals surface area contributed by atoms with Crippen LogP contribution in [0.1, 0.15) is 23.9 Å². The monoisotopic (exact) mass is 520 g/mol. The standard InChI is InChI=1S/C30H28N6OS/c1-21-12-16-26(17-13-21)31-19-28-33-35-30(36(28)27-10-4-3-5-11-27)38-20-29(37)34-32-22(2)24-15-14-23-8-6-7-9-25(23)18-24/h3-18,31H,19-20H2,1-2H3,(H,34,37)/b32-22-. The predicted octanol–water partition coefficient (Wildman–Crippen LogP) is 5.97. The fourth-order valence-corrected chi connectivity index (χ4v) is 4.75. The number of anilines is 1. The maximum Gasteiger partial charge on any atom is 0.250 e. The molecule has 0 fully saturated rings. The van der Waals surface area contributed by atoms with Crippen LogP contribution in [-0.2, 0) is 11.3 Å². The molecule has 7 nitrogen and oxygen atoms in total. The van der Waals surface area contributed by atoms with E-state index < -0.39 is 0 Å². The molecule has 190 valence electrons. The van der Waals surface area contributed by atoms with E-state index in [1.54, 1.807) is 0 Å². The van der Waals surface area contributed by atoms with E-state index in [-0.39, 0.29) is 11.7 Å². The third kappa shape index (κ3) is 6.10. The number of hydrogen-bond acceptors (Lipinski definition) is 6. The van der Waals surface area contributed by atoms with Crippen LogP contribution >= 0.6 is 11.8 Å². The van der Waals surface area contributed by atoms with Gasteiger partial charge in [0, 0.05) is 11.4 Å². The fraction of sp³-hybridized carbons (Fsp3) is 0.133. The van der Waals surface area contributed by atoms with Gasteiger partial charge in [0.25, 0.3) is 5.91 Å². The molecule has 38 heavy (non-hydrogen) atoms. The molecule has 1 heterocycles. The summed E-state index contributed by atoms with van der Waals surface area (Å²) in [6.45, 7) is 4.44. The van der Waals surface area contributed by atoms with E-state index in [1.807, 2.05) is 72.2 Å². The third-order valence-corrected chi connectivity index (χ3v) is 6.99. The SMILES string of the molecule is C/C(=N/NC(=O)CSc1nnc(CNc2ccc(C)cc2)n1-c1ccccc1)c1ccc2ccccc2c1. The molecular weight excluding hydrogens is 492 g/mol. The van der Waals surface area contributed by atoms with Crippen molar-refractivity contribution in [3.05, 3.63) is 114 Å². The second-order valence-electron chi connectivity index (χ2n) is 8.87. The zero-order valence-corrected chi connectivity index (χ0v) is 22.1. The van der Waals surface area contributed by atoms with E-state index in [1.165, 1.54) is 22.7 Å². The van der Waals surface area contributed by atoms with Crippen LogP contribution in [0.25, 0.3) is 16.5 Å². The summed E-state index contributed by atoms with van der Waals surface area (Å²) < 4.78 is 1.97. The van der Waals surface area contributed by atoms with Crippen molar-refractivity contribution in [2.24, 2.45) is 5.10 Å². The molecule has 0 saturated carbocycles. The third-order valence-electron chi connectivity index (χ3n) is 6.06. The number of nitrogens with zero attached hydrogens (tertiary/aromatic N) is 4. The average molecular weight is 521 g/mol. The van der Waals surface area contributed by atoms with Crippen molar-refractivity contribution in [2.45, 2.75) is 25.5 Å². The highest BCUT2D eigenvalue weighted by Gasteiger charge is 2.16. The number of rotatable bonds is 9. The van der Waals surface area contributed by atoms with Crippen molar-refractivity contribution < 1.29 is 4.79 Å². The molecule has 0 radical (unpaired) electrons. The van der Waals surface area contributed by atoms with E-state index in [2.05, 4.69) is 69.4 Å². The smallest absolute Gasteiger partial charge is 0.250 e. The lowest BCUT2D eigenvalue weighted by atomic mass is 10.0. The molecule has 0 saturated heterocycles. The maximum absolute atomic E-state index is 12.6. The van der Waals surface area contributed by atoms with Crippen molar-refractivity contribution in [1.29, 1.82) is 0 Å². The molecule has 1 amide bonds. The fourth-order valence-electron chi connectivity index (χ4n) is 3.98. The summed E-state index contributed by atoms with van der Waals surface area (Å²) >= 11 is 1.32. The molecule has 8 heteroatoms. The van der Waals surface area contributed by atoms with Crippen molar-refractivity contribution in [2.75, 3.05) is 11.1 Å². The Labute approximate surface area is 226 Å². The van der Waals surface area contributed by atoms with Gasteiger partial charge in [0.1, 0.15) is 0 Å². The van der Waals surface area contributed by atoms with Crippen LogP contribution in [0.2, 0.25) is 0 Å². The molecular formula is C30H28N6OS. The number of thioether (sulfide) groups is 1. The molecule has 0 aliphatic rings. The normalized spacial score (nSPS) is 11.5. The molecule has 0 unspecified atom stereocenters. The van der Waals surface area contributed by atoms with Gasteiger partial charge in [0.2, 0.25) is 0 Å². The van der Waals surface area contributed by atoms with E-state index in [0.29, 0.717) is 11.7 Å². The summed E-state index contributed by atoms with van der Waals surface area (Å²) in [5.41, 5.74) is 7.53. The van der Waals surface area contributed by atoms with Gasteiger partial charge in [-0.05, 0) is 60.5 Å². The Kier molecular flexibility index (Phi) is 7.80. The predicted molar refractivity (Wildman–Crippen MR) is 155 cm³/mol. The lowest BCUT2D eigenvalue weighted by molar-refractivity contribution is -0.118. The lowest BCUT2D eigenvalue weighted by Gasteiger charge is -2.11. The van der Waals surface area contributed by atoms with Crippen molar-refractivity contribution >= 4 is 39.8 Å². The van der Waals surface area contributed by atoms with Crippen LogP contribution in [0.5, 0.6) is 0 Å².